The molecular formula is C68H48N4S. The van der Waals surface area contributed by atoms with Crippen LogP contribution < -0.4 is 9.80 Å². The summed E-state index contributed by atoms with van der Waals surface area (Å²) in [5.74, 6) is 0.877. The van der Waals surface area contributed by atoms with Crippen molar-refractivity contribution in [3.63, 3.8) is 0 Å². The number of hydrogen-bond acceptors (Lipinski definition) is 4. The van der Waals surface area contributed by atoms with Gasteiger partial charge in [0.2, 0.25) is 0 Å². The summed E-state index contributed by atoms with van der Waals surface area (Å²) < 4.78 is 5.04. The van der Waals surface area contributed by atoms with Crippen LogP contribution in [-0.2, 0) is 5.41 Å². The number of anilines is 6. The number of para-hydroxylation sites is 4. The van der Waals surface area contributed by atoms with Crippen molar-refractivity contribution in [2.45, 2.75) is 31.1 Å². The second-order valence-corrected chi connectivity index (χ2v) is 20.8. The smallest absolute Gasteiger partial charge is 0.138 e. The van der Waals surface area contributed by atoms with Crippen LogP contribution in [0.5, 0.6) is 0 Å². The summed E-state index contributed by atoms with van der Waals surface area (Å²) in [6.07, 6.45) is 4.73. The predicted molar refractivity (Wildman–Crippen MR) is 308 cm³/mol. The number of thiophene rings is 1. The molecule has 10 aromatic carbocycles. The lowest BCUT2D eigenvalue weighted by molar-refractivity contribution is 0.550. The predicted octanol–water partition coefficient (Wildman–Crippen LogP) is 19.1. The Morgan fingerprint density at radius 2 is 1.07 bits per heavy atom. The number of hydrogen-bond donors (Lipinski definition) is 0. The zero-order valence-electron chi connectivity index (χ0n) is 40.1. The van der Waals surface area contributed by atoms with Crippen molar-refractivity contribution in [3.05, 3.63) is 254 Å². The minimum Gasteiger partial charge on any atom is -0.309 e. The largest absolute Gasteiger partial charge is 0.309 e. The van der Waals surface area contributed by atoms with Crippen molar-refractivity contribution >= 4 is 98.3 Å². The van der Waals surface area contributed by atoms with Crippen molar-refractivity contribution in [3.8, 4) is 28.1 Å². The first-order valence-corrected chi connectivity index (χ1v) is 26.4. The maximum Gasteiger partial charge on any atom is 0.138 e. The third kappa shape index (κ3) is 6.42. The fourth-order valence-corrected chi connectivity index (χ4v) is 14.0. The van der Waals surface area contributed by atoms with Crippen molar-refractivity contribution in [1.82, 2.24) is 9.55 Å². The Hall–Kier alpha value is -8.77. The van der Waals surface area contributed by atoms with Gasteiger partial charge in [-0.2, -0.15) is 0 Å². The van der Waals surface area contributed by atoms with Crippen LogP contribution in [0.1, 0.15) is 36.8 Å². The van der Waals surface area contributed by atoms with Crippen LogP contribution in [0, 0.1) is 0 Å². The first kappa shape index (κ1) is 42.0. The van der Waals surface area contributed by atoms with Crippen molar-refractivity contribution < 1.29 is 0 Å². The van der Waals surface area contributed by atoms with E-state index in [2.05, 4.69) is 257 Å². The molecule has 0 radical (unpaired) electrons. The molecule has 13 aromatic rings. The van der Waals surface area contributed by atoms with Gasteiger partial charge in [-0.05, 0) is 114 Å². The average molecular weight is 953 g/mol. The first-order valence-electron chi connectivity index (χ1n) is 25.6. The fraction of sp³-hybridized carbons (Fsp3) is 0.0735. The lowest BCUT2D eigenvalue weighted by Crippen LogP contribution is -2.21. The number of aromatic nitrogens is 2. The lowest BCUT2D eigenvalue weighted by Gasteiger charge is -2.31. The quantitative estimate of drug-likeness (QED) is 0.152. The molecule has 2 aliphatic rings. The molecule has 0 unspecified atom stereocenters. The Morgan fingerprint density at radius 3 is 1.78 bits per heavy atom. The highest BCUT2D eigenvalue weighted by molar-refractivity contribution is 7.26. The van der Waals surface area contributed by atoms with E-state index in [1.54, 1.807) is 0 Å². The molecule has 1 spiro atoms. The van der Waals surface area contributed by atoms with Gasteiger partial charge in [-0.15, -0.1) is 11.3 Å². The summed E-state index contributed by atoms with van der Waals surface area (Å²) in [6, 6.07) is 89.3. The number of pyridine rings is 1. The Balaban J connectivity index is 1.04. The minimum absolute atomic E-state index is 0.0590. The van der Waals surface area contributed by atoms with Gasteiger partial charge < -0.3 is 9.47 Å². The fourth-order valence-electron chi connectivity index (χ4n) is 12.8. The molecule has 0 aliphatic heterocycles. The van der Waals surface area contributed by atoms with E-state index in [1.807, 2.05) is 11.3 Å². The SMILES string of the molecule is c1ccc(-c2nc(N(c3ccccc3)c3ccc4c(ccc5c6c(N(c7ccccc7)c7ccccc7)c7c(cc6n(-c6ccccc6)c45)C4(CCCC4)c4ccccc4-7)c3)cc3c2sc2ccccc23)cc1. The normalized spacial score (nSPS) is 13.6. The monoisotopic (exact) mass is 952 g/mol. The lowest BCUT2D eigenvalue weighted by atomic mass is 9.76. The maximum atomic E-state index is 5.61. The summed E-state index contributed by atoms with van der Waals surface area (Å²) in [7, 11) is 0. The standard InChI is InChI=1S/C68H48N4S/c1-6-22-45(23-7-1)64-67-56(53-32-17-19-35-60(53)73-67)43-61(69-64)70(47-24-8-2-9-25-47)51-37-39-52-46(42-51)36-38-55-63-59(72(65(52)55)50-30-14-5-15-31-50)44-58-62(54-33-16-18-34-57(54)68(58)40-20-21-41-68)66(63)71(48-26-10-3-11-27-48)49-28-12-4-13-29-49/h1-19,22-39,42-44H,20-21,40-41H2. The summed E-state index contributed by atoms with van der Waals surface area (Å²) in [5.41, 5.74) is 16.9. The molecule has 3 aromatic heterocycles. The van der Waals surface area contributed by atoms with E-state index in [4.69, 9.17) is 4.98 Å². The molecule has 1 fully saturated rings. The Kier molecular flexibility index (Phi) is 9.58. The van der Waals surface area contributed by atoms with Crippen molar-refractivity contribution in [1.29, 1.82) is 0 Å². The van der Waals surface area contributed by atoms with Gasteiger partial charge in [0.05, 0.1) is 27.1 Å². The van der Waals surface area contributed by atoms with Crippen LogP contribution in [-0.4, -0.2) is 9.55 Å². The van der Waals surface area contributed by atoms with Gasteiger partial charge >= 0.3 is 0 Å². The molecule has 0 bridgehead atoms. The van der Waals surface area contributed by atoms with E-state index in [0.717, 1.165) is 63.7 Å². The third-order valence-electron chi connectivity index (χ3n) is 15.8. The van der Waals surface area contributed by atoms with Crippen LogP contribution in [0.4, 0.5) is 34.3 Å². The summed E-state index contributed by atoms with van der Waals surface area (Å²) in [4.78, 5) is 10.5. The maximum absolute atomic E-state index is 5.61. The second-order valence-electron chi connectivity index (χ2n) is 19.8. The van der Waals surface area contributed by atoms with Crippen LogP contribution in [0.2, 0.25) is 0 Å². The molecular weight excluding hydrogens is 905 g/mol. The molecule has 0 atom stereocenters. The van der Waals surface area contributed by atoms with Crippen LogP contribution >= 0.6 is 11.3 Å². The third-order valence-corrected chi connectivity index (χ3v) is 17.0. The molecule has 0 amide bonds. The highest BCUT2D eigenvalue weighted by atomic mass is 32.1. The van der Waals surface area contributed by atoms with Crippen molar-refractivity contribution in [2.24, 2.45) is 0 Å². The number of rotatable bonds is 8. The Bertz CT molecular complexity index is 4210. The molecule has 3 heterocycles. The van der Waals surface area contributed by atoms with Gasteiger partial charge in [0.1, 0.15) is 5.82 Å². The topological polar surface area (TPSA) is 24.3 Å². The molecule has 73 heavy (non-hydrogen) atoms. The molecule has 5 heteroatoms. The molecule has 0 N–H and O–H groups in total. The number of nitrogens with zero attached hydrogens (tertiary/aromatic N) is 4. The van der Waals surface area contributed by atoms with E-state index < -0.39 is 0 Å². The average Bonchev–Trinajstić information content (AvgIpc) is 4.25. The van der Waals surface area contributed by atoms with Gasteiger partial charge in [-0.1, -0.05) is 177 Å². The first-order chi connectivity index (χ1) is 36.2. The van der Waals surface area contributed by atoms with E-state index >= 15 is 0 Å². The zero-order chi connectivity index (χ0) is 48.0. The van der Waals surface area contributed by atoms with Gasteiger partial charge in [0, 0.05) is 76.6 Å². The molecule has 4 nitrogen and oxygen atoms in total. The summed E-state index contributed by atoms with van der Waals surface area (Å²) >= 11 is 1.82. The Labute approximate surface area is 428 Å². The zero-order valence-corrected chi connectivity index (χ0v) is 40.9. The van der Waals surface area contributed by atoms with E-state index in [1.165, 1.54) is 88.1 Å². The van der Waals surface area contributed by atoms with E-state index in [-0.39, 0.29) is 5.41 Å². The number of fused-ring (bicyclic) bond motifs is 13. The molecule has 15 rings (SSSR count). The summed E-state index contributed by atoms with van der Waals surface area (Å²) in [5, 5.41) is 7.29. The van der Waals surface area contributed by atoms with E-state index in [9.17, 15) is 0 Å². The van der Waals surface area contributed by atoms with Crippen LogP contribution in [0.25, 0.3) is 80.8 Å². The molecule has 0 saturated heterocycles. The highest BCUT2D eigenvalue weighted by Crippen LogP contribution is 2.63. The molecule has 2 aliphatic carbocycles. The highest BCUT2D eigenvalue weighted by Gasteiger charge is 2.47. The van der Waals surface area contributed by atoms with Gasteiger partial charge in [-0.3, -0.25) is 4.90 Å². The second kappa shape index (κ2) is 16.7. The Morgan fingerprint density at radius 1 is 0.466 bits per heavy atom. The van der Waals surface area contributed by atoms with Crippen LogP contribution in [0.3, 0.4) is 0 Å². The molecule has 346 valence electrons. The van der Waals surface area contributed by atoms with Crippen molar-refractivity contribution in [2.75, 3.05) is 9.80 Å². The summed E-state index contributed by atoms with van der Waals surface area (Å²) in [6.45, 7) is 0. The van der Waals surface area contributed by atoms with Crippen LogP contribution in [0.15, 0.2) is 243 Å². The van der Waals surface area contributed by atoms with E-state index in [0.29, 0.717) is 0 Å². The van der Waals surface area contributed by atoms with Gasteiger partial charge in [0.25, 0.3) is 0 Å². The van der Waals surface area contributed by atoms with Gasteiger partial charge in [-0.25, -0.2) is 4.98 Å². The van der Waals surface area contributed by atoms with Gasteiger partial charge in [0.15, 0.2) is 0 Å². The number of benzene rings is 10. The minimum atomic E-state index is -0.0590. The molecule has 1 saturated carbocycles.